The average molecular weight is 250 g/mol. The molecule has 0 aliphatic carbocycles. The third-order valence-electron chi connectivity index (χ3n) is 3.03. The summed E-state index contributed by atoms with van der Waals surface area (Å²) in [5.74, 6) is -1.89. The molecule has 1 aromatic rings. The standard InChI is InChI=1S/C13H12F2N2O/c14-11-3-1-9(5-12(11)15)2-4-13(18)17-7-10(6-16)8-17/h1,3,5,10H,2,4,7-8H2. The molecule has 1 aliphatic heterocycles. The van der Waals surface area contributed by atoms with E-state index >= 15 is 0 Å². The maximum atomic E-state index is 12.9. The van der Waals surface area contributed by atoms with E-state index in [1.165, 1.54) is 6.07 Å². The molecule has 0 atom stereocenters. The Bertz CT molecular complexity index is 504. The van der Waals surface area contributed by atoms with E-state index in [9.17, 15) is 13.6 Å². The first-order valence-corrected chi connectivity index (χ1v) is 5.71. The van der Waals surface area contributed by atoms with Crippen LogP contribution in [0.1, 0.15) is 12.0 Å². The minimum Gasteiger partial charge on any atom is -0.340 e. The number of benzene rings is 1. The van der Waals surface area contributed by atoms with Gasteiger partial charge >= 0.3 is 0 Å². The van der Waals surface area contributed by atoms with Crippen LogP contribution < -0.4 is 0 Å². The number of carbonyl (C=O) groups is 1. The second kappa shape index (κ2) is 5.13. The molecule has 2 rings (SSSR count). The summed E-state index contributed by atoms with van der Waals surface area (Å²) >= 11 is 0. The summed E-state index contributed by atoms with van der Waals surface area (Å²) in [6.45, 7) is 0.959. The molecule has 0 N–H and O–H groups in total. The molecule has 1 amide bonds. The number of nitriles is 1. The van der Waals surface area contributed by atoms with E-state index in [0.717, 1.165) is 12.1 Å². The molecule has 0 unspecified atom stereocenters. The van der Waals surface area contributed by atoms with Crippen LogP contribution in [-0.4, -0.2) is 23.9 Å². The maximum absolute atomic E-state index is 12.9. The molecule has 0 radical (unpaired) electrons. The summed E-state index contributed by atoms with van der Waals surface area (Å²) in [5, 5.41) is 8.58. The van der Waals surface area contributed by atoms with Gasteiger partial charge in [0.25, 0.3) is 0 Å². The maximum Gasteiger partial charge on any atom is 0.222 e. The predicted molar refractivity (Wildman–Crippen MR) is 60.4 cm³/mol. The molecule has 0 saturated carbocycles. The third-order valence-corrected chi connectivity index (χ3v) is 3.03. The van der Waals surface area contributed by atoms with Crippen molar-refractivity contribution in [3.05, 3.63) is 35.4 Å². The number of aryl methyl sites for hydroxylation is 1. The summed E-state index contributed by atoms with van der Waals surface area (Å²) in [5.41, 5.74) is 0.597. The molecule has 1 fully saturated rings. The quantitative estimate of drug-likeness (QED) is 0.822. The van der Waals surface area contributed by atoms with E-state index in [2.05, 4.69) is 6.07 Å². The second-order valence-electron chi connectivity index (χ2n) is 4.37. The van der Waals surface area contributed by atoms with Crippen LogP contribution in [-0.2, 0) is 11.2 Å². The lowest BCUT2D eigenvalue weighted by Crippen LogP contribution is -2.49. The van der Waals surface area contributed by atoms with Crippen molar-refractivity contribution in [1.82, 2.24) is 4.90 Å². The van der Waals surface area contributed by atoms with Gasteiger partial charge in [-0.1, -0.05) is 6.07 Å². The fourth-order valence-electron chi connectivity index (χ4n) is 1.87. The molecule has 18 heavy (non-hydrogen) atoms. The Balaban J connectivity index is 1.83. The first-order chi connectivity index (χ1) is 8.60. The van der Waals surface area contributed by atoms with E-state index in [4.69, 9.17) is 5.26 Å². The molecule has 94 valence electrons. The van der Waals surface area contributed by atoms with E-state index in [1.807, 2.05) is 0 Å². The SMILES string of the molecule is N#CC1CN(C(=O)CCc2ccc(F)c(F)c2)C1. The minimum atomic E-state index is -0.895. The predicted octanol–water partition coefficient (Wildman–Crippen LogP) is 1.88. The highest BCUT2D eigenvalue weighted by molar-refractivity contribution is 5.77. The molecule has 0 bridgehead atoms. The van der Waals surface area contributed by atoms with Crippen molar-refractivity contribution in [2.24, 2.45) is 5.92 Å². The smallest absolute Gasteiger partial charge is 0.222 e. The molecule has 3 nitrogen and oxygen atoms in total. The van der Waals surface area contributed by atoms with Gasteiger partial charge in [0.15, 0.2) is 11.6 Å². The number of likely N-dealkylation sites (tertiary alicyclic amines) is 1. The van der Waals surface area contributed by atoms with Crippen LogP contribution in [0.3, 0.4) is 0 Å². The summed E-state index contributed by atoms with van der Waals surface area (Å²) in [6.07, 6.45) is 0.632. The number of amides is 1. The lowest BCUT2D eigenvalue weighted by atomic mass is 10.0. The number of rotatable bonds is 3. The van der Waals surface area contributed by atoms with Gasteiger partial charge in [-0.15, -0.1) is 0 Å². The van der Waals surface area contributed by atoms with Gasteiger partial charge in [-0.05, 0) is 24.1 Å². The van der Waals surface area contributed by atoms with Crippen LogP contribution in [0.25, 0.3) is 0 Å². The van der Waals surface area contributed by atoms with Gasteiger partial charge in [-0.3, -0.25) is 4.79 Å². The van der Waals surface area contributed by atoms with E-state index in [-0.39, 0.29) is 18.2 Å². The monoisotopic (exact) mass is 250 g/mol. The Morgan fingerprint density at radius 2 is 2.11 bits per heavy atom. The van der Waals surface area contributed by atoms with E-state index < -0.39 is 11.6 Å². The number of hydrogen-bond acceptors (Lipinski definition) is 2. The normalized spacial score (nSPS) is 15.1. The van der Waals surface area contributed by atoms with Crippen LogP contribution in [0.15, 0.2) is 18.2 Å². The molecule has 1 saturated heterocycles. The lowest BCUT2D eigenvalue weighted by molar-refractivity contribution is -0.136. The second-order valence-corrected chi connectivity index (χ2v) is 4.37. The molecule has 1 heterocycles. The van der Waals surface area contributed by atoms with Crippen molar-refractivity contribution in [2.75, 3.05) is 13.1 Å². The first-order valence-electron chi connectivity index (χ1n) is 5.71. The topological polar surface area (TPSA) is 44.1 Å². The van der Waals surface area contributed by atoms with Gasteiger partial charge in [0, 0.05) is 19.5 Å². The lowest BCUT2D eigenvalue weighted by Gasteiger charge is -2.35. The third kappa shape index (κ3) is 2.65. The Labute approximate surface area is 104 Å². The highest BCUT2D eigenvalue weighted by Crippen LogP contribution is 2.17. The highest BCUT2D eigenvalue weighted by atomic mass is 19.2. The van der Waals surface area contributed by atoms with E-state index in [1.54, 1.807) is 4.90 Å². The molecule has 0 aromatic heterocycles. The van der Waals surface area contributed by atoms with Gasteiger partial charge in [0.1, 0.15) is 0 Å². The zero-order chi connectivity index (χ0) is 13.1. The van der Waals surface area contributed by atoms with Gasteiger partial charge < -0.3 is 4.90 Å². The van der Waals surface area contributed by atoms with Crippen molar-refractivity contribution in [3.8, 4) is 6.07 Å². The Morgan fingerprint density at radius 1 is 1.39 bits per heavy atom. The van der Waals surface area contributed by atoms with Gasteiger partial charge in [-0.25, -0.2) is 8.78 Å². The summed E-state index contributed by atoms with van der Waals surface area (Å²) in [7, 11) is 0. The molecule has 5 heteroatoms. The van der Waals surface area contributed by atoms with Crippen LogP contribution in [0.2, 0.25) is 0 Å². The van der Waals surface area contributed by atoms with Crippen molar-refractivity contribution in [1.29, 1.82) is 5.26 Å². The molecule has 1 aromatic carbocycles. The first kappa shape index (κ1) is 12.5. The number of carbonyl (C=O) groups excluding carboxylic acids is 1. The van der Waals surface area contributed by atoms with Crippen LogP contribution in [0.4, 0.5) is 8.78 Å². The van der Waals surface area contributed by atoms with Crippen LogP contribution >= 0.6 is 0 Å². The van der Waals surface area contributed by atoms with Crippen molar-refractivity contribution in [2.45, 2.75) is 12.8 Å². The fourth-order valence-corrected chi connectivity index (χ4v) is 1.87. The molecule has 0 spiro atoms. The number of nitrogens with zero attached hydrogens (tertiary/aromatic N) is 2. The van der Waals surface area contributed by atoms with Gasteiger partial charge in [0.2, 0.25) is 5.91 Å². The van der Waals surface area contributed by atoms with Crippen molar-refractivity contribution in [3.63, 3.8) is 0 Å². The Morgan fingerprint density at radius 3 is 2.72 bits per heavy atom. The summed E-state index contributed by atoms with van der Waals surface area (Å²) in [4.78, 5) is 13.3. The van der Waals surface area contributed by atoms with Gasteiger partial charge in [0.05, 0.1) is 12.0 Å². The average Bonchev–Trinajstić information content (AvgIpc) is 2.29. The Hall–Kier alpha value is -1.96. The van der Waals surface area contributed by atoms with E-state index in [0.29, 0.717) is 25.1 Å². The molecular formula is C13H12F2N2O. The number of halogens is 2. The van der Waals surface area contributed by atoms with Crippen molar-refractivity contribution >= 4 is 5.91 Å². The molecule has 1 aliphatic rings. The number of hydrogen-bond donors (Lipinski definition) is 0. The zero-order valence-corrected chi connectivity index (χ0v) is 9.70. The minimum absolute atomic E-state index is 0.0498. The summed E-state index contributed by atoms with van der Waals surface area (Å²) < 4.78 is 25.6. The van der Waals surface area contributed by atoms with Gasteiger partial charge in [-0.2, -0.15) is 5.26 Å². The van der Waals surface area contributed by atoms with Crippen LogP contribution in [0.5, 0.6) is 0 Å². The largest absolute Gasteiger partial charge is 0.340 e. The zero-order valence-electron chi connectivity index (χ0n) is 9.70. The highest BCUT2D eigenvalue weighted by Gasteiger charge is 2.29. The van der Waals surface area contributed by atoms with Crippen LogP contribution in [0, 0.1) is 28.9 Å². The summed E-state index contributed by atoms with van der Waals surface area (Å²) in [6, 6.07) is 5.73. The van der Waals surface area contributed by atoms with Crippen molar-refractivity contribution < 1.29 is 13.6 Å². The molecular weight excluding hydrogens is 238 g/mol. The fraction of sp³-hybridized carbons (Fsp3) is 0.385. The Kier molecular flexibility index (Phi) is 3.56.